The predicted molar refractivity (Wildman–Crippen MR) is 48.6 cm³/mol. The smallest absolute Gasteiger partial charge is 0.351 e. The number of benzene rings is 1. The molecule has 0 unspecified atom stereocenters. The third-order valence-corrected chi connectivity index (χ3v) is 1.97. The highest BCUT2D eigenvalue weighted by molar-refractivity contribution is 5.89. The molecule has 0 aliphatic rings. The lowest BCUT2D eigenvalue weighted by Gasteiger charge is -2.06. The molecule has 7 heteroatoms. The number of amides is 1. The molecule has 1 amide bonds. The Labute approximate surface area is 87.5 Å². The Kier molecular flexibility index (Phi) is 2.11. The van der Waals surface area contributed by atoms with E-state index >= 15 is 0 Å². The van der Waals surface area contributed by atoms with Crippen molar-refractivity contribution in [2.24, 2.45) is 5.73 Å². The summed E-state index contributed by atoms with van der Waals surface area (Å²) in [7, 11) is 0. The van der Waals surface area contributed by atoms with E-state index in [1.807, 2.05) is 0 Å². The van der Waals surface area contributed by atoms with Gasteiger partial charge in [-0.3, -0.25) is 0 Å². The molecule has 83 valence electrons. The zero-order valence-electron chi connectivity index (χ0n) is 7.75. The van der Waals surface area contributed by atoms with Crippen molar-refractivity contribution in [3.63, 3.8) is 0 Å². The van der Waals surface area contributed by atoms with Crippen molar-refractivity contribution in [2.45, 2.75) is 6.18 Å². The van der Waals surface area contributed by atoms with Crippen LogP contribution < -0.4 is 5.73 Å². The van der Waals surface area contributed by atoms with Gasteiger partial charge in [0.1, 0.15) is 0 Å². The number of nitrogens with zero attached hydrogens (tertiary/aromatic N) is 2. The minimum atomic E-state index is -4.73. The van der Waals surface area contributed by atoms with Gasteiger partial charge in [0.15, 0.2) is 0 Å². The molecule has 0 aliphatic carbocycles. The van der Waals surface area contributed by atoms with E-state index in [0.717, 1.165) is 0 Å². The number of halogens is 3. The van der Waals surface area contributed by atoms with Crippen molar-refractivity contribution in [3.05, 3.63) is 30.1 Å². The van der Waals surface area contributed by atoms with Gasteiger partial charge in [-0.25, -0.2) is 14.3 Å². The number of hydrogen-bond donors (Lipinski definition) is 1. The van der Waals surface area contributed by atoms with Crippen LogP contribution in [0.4, 0.5) is 18.0 Å². The van der Waals surface area contributed by atoms with Crippen LogP contribution in [0.25, 0.3) is 11.0 Å². The van der Waals surface area contributed by atoms with E-state index in [1.54, 1.807) is 0 Å². The molecule has 0 spiro atoms. The summed E-state index contributed by atoms with van der Waals surface area (Å²) in [5, 5.41) is 0. The molecule has 4 nitrogen and oxygen atoms in total. The molecule has 2 N–H and O–H groups in total. The standard InChI is InChI=1S/C9H5F3N3O/c10-9(11,12)7-14-5-3-1-2-4-6(5)15(7)8(13)16/h2-4H,(H2,13,16). The molecule has 1 heterocycles. The van der Waals surface area contributed by atoms with Gasteiger partial charge in [-0.05, 0) is 18.2 Å². The number of nitrogens with two attached hydrogens (primary N) is 1. The van der Waals surface area contributed by atoms with Crippen LogP contribution >= 0.6 is 0 Å². The summed E-state index contributed by atoms with van der Waals surface area (Å²) in [5.74, 6) is -1.32. The molecule has 0 saturated heterocycles. The molecule has 0 atom stereocenters. The van der Waals surface area contributed by atoms with Crippen LogP contribution in [0.1, 0.15) is 5.82 Å². The zero-order chi connectivity index (χ0) is 11.9. The molecule has 2 aromatic rings. The number of hydrogen-bond acceptors (Lipinski definition) is 2. The van der Waals surface area contributed by atoms with Crippen molar-refractivity contribution in [2.75, 3.05) is 0 Å². The van der Waals surface area contributed by atoms with E-state index in [2.05, 4.69) is 11.1 Å². The Balaban J connectivity index is 2.84. The van der Waals surface area contributed by atoms with Gasteiger partial charge in [-0.15, -0.1) is 0 Å². The summed E-state index contributed by atoms with van der Waals surface area (Å²) >= 11 is 0. The van der Waals surface area contributed by atoms with E-state index < -0.39 is 18.0 Å². The maximum absolute atomic E-state index is 12.5. The Morgan fingerprint density at radius 2 is 2.19 bits per heavy atom. The van der Waals surface area contributed by atoms with Gasteiger partial charge in [0.2, 0.25) is 5.82 Å². The maximum atomic E-state index is 12.5. The second-order valence-electron chi connectivity index (χ2n) is 3.02. The van der Waals surface area contributed by atoms with Crippen LogP contribution in [-0.4, -0.2) is 15.6 Å². The highest BCUT2D eigenvalue weighted by atomic mass is 19.4. The fraction of sp³-hybridized carbons (Fsp3) is 0.111. The van der Waals surface area contributed by atoms with E-state index in [1.165, 1.54) is 18.2 Å². The normalized spacial score (nSPS) is 11.9. The lowest BCUT2D eigenvalue weighted by atomic mass is 10.3. The number of aromatic nitrogens is 2. The van der Waals surface area contributed by atoms with Crippen LogP contribution in [0.3, 0.4) is 0 Å². The lowest BCUT2D eigenvalue weighted by molar-refractivity contribution is -0.145. The Morgan fingerprint density at radius 1 is 1.50 bits per heavy atom. The van der Waals surface area contributed by atoms with E-state index in [4.69, 9.17) is 5.73 Å². The molecule has 16 heavy (non-hydrogen) atoms. The van der Waals surface area contributed by atoms with E-state index in [-0.39, 0.29) is 11.0 Å². The van der Waals surface area contributed by atoms with Gasteiger partial charge in [0.05, 0.1) is 11.0 Å². The first kappa shape index (κ1) is 10.5. The monoisotopic (exact) mass is 228 g/mol. The molecule has 0 saturated carbocycles. The predicted octanol–water partition coefficient (Wildman–Crippen LogP) is 1.78. The minimum Gasteiger partial charge on any atom is -0.351 e. The summed E-state index contributed by atoms with van der Waals surface area (Å²) < 4.78 is 38.0. The van der Waals surface area contributed by atoms with Gasteiger partial charge in [0.25, 0.3) is 0 Å². The third kappa shape index (κ3) is 1.50. The number of alkyl halides is 3. The number of rotatable bonds is 0. The van der Waals surface area contributed by atoms with Gasteiger partial charge in [0, 0.05) is 0 Å². The molecule has 1 radical (unpaired) electrons. The zero-order valence-corrected chi connectivity index (χ0v) is 7.75. The molecule has 0 aliphatic heterocycles. The highest BCUT2D eigenvalue weighted by Gasteiger charge is 2.38. The van der Waals surface area contributed by atoms with Crippen LogP contribution in [0.5, 0.6) is 0 Å². The van der Waals surface area contributed by atoms with E-state index in [9.17, 15) is 18.0 Å². The van der Waals surface area contributed by atoms with Crippen LogP contribution in [-0.2, 0) is 6.18 Å². The van der Waals surface area contributed by atoms with Gasteiger partial charge in [-0.2, -0.15) is 13.2 Å². The molecule has 1 aromatic heterocycles. The summed E-state index contributed by atoms with van der Waals surface area (Å²) in [6.07, 6.45) is -4.73. The average Bonchev–Trinajstić information content (AvgIpc) is 2.55. The molecule has 0 bridgehead atoms. The lowest BCUT2D eigenvalue weighted by Crippen LogP contribution is -2.25. The maximum Gasteiger partial charge on any atom is 0.450 e. The first-order valence-corrected chi connectivity index (χ1v) is 4.17. The highest BCUT2D eigenvalue weighted by Crippen LogP contribution is 2.30. The largest absolute Gasteiger partial charge is 0.450 e. The van der Waals surface area contributed by atoms with Crippen LogP contribution in [0.2, 0.25) is 0 Å². The van der Waals surface area contributed by atoms with Crippen molar-refractivity contribution in [1.82, 2.24) is 9.55 Å². The number of primary amides is 1. The average molecular weight is 228 g/mol. The molecular formula is C9H5F3N3O. The summed E-state index contributed by atoms with van der Waals surface area (Å²) in [4.78, 5) is 14.3. The Bertz CT molecular complexity index is 559. The van der Waals surface area contributed by atoms with Crippen molar-refractivity contribution >= 4 is 17.1 Å². The van der Waals surface area contributed by atoms with Crippen molar-refractivity contribution < 1.29 is 18.0 Å². The first-order valence-electron chi connectivity index (χ1n) is 4.17. The van der Waals surface area contributed by atoms with Crippen LogP contribution in [0, 0.1) is 6.07 Å². The van der Waals surface area contributed by atoms with Crippen molar-refractivity contribution in [1.29, 1.82) is 0 Å². The number of carbonyl (C=O) groups is 1. The molecule has 0 fully saturated rings. The molecule has 1 aromatic carbocycles. The van der Waals surface area contributed by atoms with Gasteiger partial charge in [-0.1, -0.05) is 6.07 Å². The molecular weight excluding hydrogens is 223 g/mol. The van der Waals surface area contributed by atoms with Gasteiger partial charge >= 0.3 is 12.2 Å². The number of fused-ring (bicyclic) bond motifs is 1. The Hall–Kier alpha value is -2.05. The molecule has 2 rings (SSSR count). The fourth-order valence-corrected chi connectivity index (χ4v) is 1.38. The quantitative estimate of drug-likeness (QED) is 0.747. The second-order valence-corrected chi connectivity index (χ2v) is 3.02. The van der Waals surface area contributed by atoms with Gasteiger partial charge < -0.3 is 5.73 Å². The minimum absolute atomic E-state index is 0.0126. The Morgan fingerprint density at radius 3 is 2.75 bits per heavy atom. The SMILES string of the molecule is NC(=O)n1c(C(F)(F)F)nc2c[c]ccc21. The van der Waals surface area contributed by atoms with E-state index in [0.29, 0.717) is 4.57 Å². The summed E-state index contributed by atoms with van der Waals surface area (Å²) in [5.41, 5.74) is 4.93. The fourth-order valence-electron chi connectivity index (χ4n) is 1.38. The third-order valence-electron chi connectivity index (χ3n) is 1.97. The number of imidazole rings is 1. The second kappa shape index (κ2) is 3.22. The topological polar surface area (TPSA) is 60.9 Å². The van der Waals surface area contributed by atoms with Crippen LogP contribution in [0.15, 0.2) is 18.2 Å². The summed E-state index contributed by atoms with van der Waals surface area (Å²) in [6, 6.07) is 5.28. The first-order chi connectivity index (χ1) is 7.41. The summed E-state index contributed by atoms with van der Waals surface area (Å²) in [6.45, 7) is 0. The number of carbonyl (C=O) groups excluding carboxylic acids is 1. The van der Waals surface area contributed by atoms with Crippen molar-refractivity contribution in [3.8, 4) is 0 Å².